The van der Waals surface area contributed by atoms with Crippen molar-refractivity contribution in [3.8, 4) is 17.1 Å². The Balaban J connectivity index is 2.06. The van der Waals surface area contributed by atoms with Gasteiger partial charge in [0.1, 0.15) is 11.6 Å². The molecule has 0 unspecified atom stereocenters. The third-order valence-corrected chi connectivity index (χ3v) is 4.09. The molecule has 0 amide bonds. The number of hydrogen-bond acceptors (Lipinski definition) is 4. The minimum Gasteiger partial charge on any atom is -0.497 e. The molecule has 0 saturated heterocycles. The highest BCUT2D eigenvalue weighted by Gasteiger charge is 2.24. The molecule has 110 valence electrons. The van der Waals surface area contributed by atoms with Gasteiger partial charge >= 0.3 is 0 Å². The number of imidazole rings is 1. The van der Waals surface area contributed by atoms with E-state index in [2.05, 4.69) is 21.9 Å². The fraction of sp³-hybridized carbons (Fsp3) is 0.176. The van der Waals surface area contributed by atoms with Gasteiger partial charge in [-0.3, -0.25) is 0 Å². The average molecular weight is 293 g/mol. The number of benzene rings is 2. The predicted octanol–water partition coefficient (Wildman–Crippen LogP) is 3.29. The van der Waals surface area contributed by atoms with Crippen LogP contribution < -0.4 is 4.74 Å². The highest BCUT2D eigenvalue weighted by atomic mass is 16.5. The Hall–Kier alpha value is -2.82. The quantitative estimate of drug-likeness (QED) is 0.582. The second kappa shape index (κ2) is 4.87. The van der Waals surface area contributed by atoms with Gasteiger partial charge in [-0.2, -0.15) is 0 Å². The maximum atomic E-state index is 9.27. The first-order valence-electron chi connectivity index (χ1n) is 7.17. The van der Waals surface area contributed by atoms with Crippen LogP contribution in [0.3, 0.4) is 0 Å². The Labute approximate surface area is 127 Å². The number of hydrogen-bond donors (Lipinski definition) is 1. The van der Waals surface area contributed by atoms with E-state index < -0.39 is 0 Å². The van der Waals surface area contributed by atoms with Crippen LogP contribution in [0.2, 0.25) is 0 Å². The molecule has 5 nitrogen and oxygen atoms in total. The van der Waals surface area contributed by atoms with Crippen molar-refractivity contribution in [2.24, 2.45) is 5.16 Å². The van der Waals surface area contributed by atoms with Crippen molar-refractivity contribution in [1.82, 2.24) is 9.55 Å². The zero-order valence-corrected chi connectivity index (χ0v) is 12.2. The first-order chi connectivity index (χ1) is 10.8. The van der Waals surface area contributed by atoms with Gasteiger partial charge in [0.05, 0.1) is 23.9 Å². The van der Waals surface area contributed by atoms with E-state index in [0.29, 0.717) is 12.1 Å². The molecule has 0 bridgehead atoms. The molecule has 2 aromatic carbocycles. The van der Waals surface area contributed by atoms with Crippen molar-refractivity contribution in [1.29, 1.82) is 0 Å². The second-order valence-corrected chi connectivity index (χ2v) is 5.29. The molecule has 4 rings (SSSR count). The Bertz CT molecular complexity index is 882. The molecule has 22 heavy (non-hydrogen) atoms. The Morgan fingerprint density at radius 3 is 2.77 bits per heavy atom. The van der Waals surface area contributed by atoms with Gasteiger partial charge in [-0.1, -0.05) is 35.5 Å². The fourth-order valence-electron chi connectivity index (χ4n) is 3.06. The summed E-state index contributed by atoms with van der Waals surface area (Å²) in [6.07, 6.45) is 0.669. The molecule has 1 aromatic heterocycles. The zero-order chi connectivity index (χ0) is 15.1. The zero-order valence-electron chi connectivity index (χ0n) is 12.2. The Kier molecular flexibility index (Phi) is 2.85. The molecule has 0 aliphatic carbocycles. The summed E-state index contributed by atoms with van der Waals surface area (Å²) in [5, 5.41) is 12.7. The maximum absolute atomic E-state index is 9.27. The molecule has 0 fully saturated rings. The van der Waals surface area contributed by atoms with E-state index in [4.69, 9.17) is 9.72 Å². The number of rotatable bonds is 2. The van der Waals surface area contributed by atoms with Crippen molar-refractivity contribution < 1.29 is 9.94 Å². The smallest absolute Gasteiger partial charge is 0.141 e. The van der Waals surface area contributed by atoms with Crippen molar-refractivity contribution in [3.63, 3.8) is 0 Å². The van der Waals surface area contributed by atoms with E-state index in [1.165, 1.54) is 0 Å². The van der Waals surface area contributed by atoms with Crippen LogP contribution >= 0.6 is 0 Å². The highest BCUT2D eigenvalue weighted by molar-refractivity contribution is 6.11. The van der Waals surface area contributed by atoms with Crippen LogP contribution in [0.1, 0.15) is 12.0 Å². The fourth-order valence-corrected chi connectivity index (χ4v) is 3.06. The Morgan fingerprint density at radius 1 is 1.23 bits per heavy atom. The topological polar surface area (TPSA) is 59.6 Å². The average Bonchev–Trinajstić information content (AvgIpc) is 2.96. The summed E-state index contributed by atoms with van der Waals surface area (Å²) in [4.78, 5) is 4.78. The minimum absolute atomic E-state index is 0.669. The number of ether oxygens (including phenoxy) is 1. The molecule has 2 heterocycles. The van der Waals surface area contributed by atoms with Crippen LogP contribution in [0.5, 0.6) is 5.75 Å². The van der Waals surface area contributed by atoms with E-state index in [-0.39, 0.29) is 0 Å². The summed E-state index contributed by atoms with van der Waals surface area (Å²) >= 11 is 0. The summed E-state index contributed by atoms with van der Waals surface area (Å²) in [5.41, 5.74) is 4.49. The molecule has 3 aromatic rings. The SMILES string of the molecule is COc1cc2c3c(c1)nc(-c1ccccc1)n3CCC2=NO. The summed E-state index contributed by atoms with van der Waals surface area (Å²) < 4.78 is 7.54. The first kappa shape index (κ1) is 12.9. The van der Waals surface area contributed by atoms with Gasteiger partial charge in [0.2, 0.25) is 0 Å². The van der Waals surface area contributed by atoms with Gasteiger partial charge in [-0.05, 0) is 6.07 Å². The van der Waals surface area contributed by atoms with Crippen LogP contribution in [0, 0.1) is 0 Å². The summed E-state index contributed by atoms with van der Waals surface area (Å²) in [7, 11) is 1.63. The molecule has 1 aliphatic heterocycles. The maximum Gasteiger partial charge on any atom is 0.141 e. The van der Waals surface area contributed by atoms with Crippen LogP contribution in [0.15, 0.2) is 47.6 Å². The number of aromatic nitrogens is 2. The molecular formula is C17H15N3O2. The standard InChI is InChI=1S/C17H15N3O2/c1-22-12-9-13-14(19-21)7-8-20-16(13)15(10-12)18-17(20)11-5-3-2-4-6-11/h2-6,9-10,21H,7-8H2,1H3. The van der Waals surface area contributed by atoms with Crippen molar-refractivity contribution in [2.75, 3.05) is 7.11 Å². The second-order valence-electron chi connectivity index (χ2n) is 5.29. The first-order valence-corrected chi connectivity index (χ1v) is 7.17. The number of oxime groups is 1. The van der Waals surface area contributed by atoms with Crippen LogP contribution in [0.4, 0.5) is 0 Å². The van der Waals surface area contributed by atoms with E-state index >= 15 is 0 Å². The van der Waals surface area contributed by atoms with E-state index in [1.54, 1.807) is 7.11 Å². The molecule has 1 N–H and O–H groups in total. The van der Waals surface area contributed by atoms with Crippen LogP contribution in [0.25, 0.3) is 22.4 Å². The Morgan fingerprint density at radius 2 is 2.05 bits per heavy atom. The monoisotopic (exact) mass is 293 g/mol. The number of aryl methyl sites for hydroxylation is 1. The van der Waals surface area contributed by atoms with Gasteiger partial charge in [0, 0.05) is 30.2 Å². The molecule has 0 saturated carbocycles. The lowest BCUT2D eigenvalue weighted by Crippen LogP contribution is -2.16. The van der Waals surface area contributed by atoms with Crippen molar-refractivity contribution >= 4 is 16.7 Å². The normalized spacial score (nSPS) is 15.4. The van der Waals surface area contributed by atoms with Crippen LogP contribution in [-0.2, 0) is 6.54 Å². The molecule has 5 heteroatoms. The summed E-state index contributed by atoms with van der Waals surface area (Å²) in [6, 6.07) is 13.9. The third kappa shape index (κ3) is 1.79. The predicted molar refractivity (Wildman–Crippen MR) is 84.7 cm³/mol. The molecular weight excluding hydrogens is 278 g/mol. The van der Waals surface area contributed by atoms with Gasteiger partial charge < -0.3 is 14.5 Å². The van der Waals surface area contributed by atoms with Gasteiger partial charge in [0.25, 0.3) is 0 Å². The van der Waals surface area contributed by atoms with Crippen LogP contribution in [-0.4, -0.2) is 27.6 Å². The molecule has 0 radical (unpaired) electrons. The van der Waals surface area contributed by atoms with E-state index in [0.717, 1.165) is 40.3 Å². The molecule has 0 spiro atoms. The van der Waals surface area contributed by atoms with Gasteiger partial charge in [-0.15, -0.1) is 0 Å². The van der Waals surface area contributed by atoms with Crippen molar-refractivity contribution in [2.45, 2.75) is 13.0 Å². The minimum atomic E-state index is 0.669. The largest absolute Gasteiger partial charge is 0.497 e. The lowest BCUT2D eigenvalue weighted by atomic mass is 10.0. The summed E-state index contributed by atoms with van der Waals surface area (Å²) in [5.74, 6) is 1.65. The third-order valence-electron chi connectivity index (χ3n) is 4.09. The molecule has 1 aliphatic rings. The van der Waals surface area contributed by atoms with E-state index in [1.807, 2.05) is 30.3 Å². The van der Waals surface area contributed by atoms with E-state index in [9.17, 15) is 5.21 Å². The number of nitrogens with zero attached hydrogens (tertiary/aromatic N) is 3. The van der Waals surface area contributed by atoms with Crippen molar-refractivity contribution in [3.05, 3.63) is 48.0 Å². The number of methoxy groups -OCH3 is 1. The summed E-state index contributed by atoms with van der Waals surface area (Å²) in [6.45, 7) is 0.749. The van der Waals surface area contributed by atoms with Gasteiger partial charge in [-0.25, -0.2) is 4.98 Å². The molecule has 0 atom stereocenters. The van der Waals surface area contributed by atoms with Gasteiger partial charge in [0.15, 0.2) is 0 Å². The highest BCUT2D eigenvalue weighted by Crippen LogP contribution is 2.34. The lowest BCUT2D eigenvalue weighted by Gasteiger charge is -2.18. The lowest BCUT2D eigenvalue weighted by molar-refractivity contribution is 0.317.